The second-order valence-electron chi connectivity index (χ2n) is 3.13. The van der Waals surface area contributed by atoms with E-state index in [9.17, 15) is 4.39 Å². The molecule has 0 amide bonds. The van der Waals surface area contributed by atoms with Gasteiger partial charge in [0.25, 0.3) is 0 Å². The summed E-state index contributed by atoms with van der Waals surface area (Å²) in [5, 5.41) is 6.65. The highest BCUT2D eigenvalue weighted by Gasteiger charge is 2.02. The molecule has 0 bridgehead atoms. The fraction of sp³-hybridized carbons (Fsp3) is 0.333. The third kappa shape index (κ3) is 2.72. The van der Waals surface area contributed by atoms with Crippen molar-refractivity contribution in [2.75, 3.05) is 11.9 Å². The lowest BCUT2D eigenvalue weighted by atomic mass is 10.4. The summed E-state index contributed by atoms with van der Waals surface area (Å²) < 4.78 is 17.3. The van der Waals surface area contributed by atoms with Crippen molar-refractivity contribution < 1.29 is 8.91 Å². The van der Waals surface area contributed by atoms with Gasteiger partial charge in [0.1, 0.15) is 0 Å². The molecule has 1 N–H and O–H groups in total. The van der Waals surface area contributed by atoms with Crippen molar-refractivity contribution in [3.63, 3.8) is 0 Å². The molecule has 0 aliphatic carbocycles. The van der Waals surface area contributed by atoms with Gasteiger partial charge in [0.15, 0.2) is 11.6 Å². The van der Waals surface area contributed by atoms with E-state index in [1.165, 1.54) is 0 Å². The topological polar surface area (TPSA) is 76.7 Å². The van der Waals surface area contributed by atoms with E-state index in [2.05, 4.69) is 25.4 Å². The maximum Gasteiger partial charge on any atom is 0.223 e. The standard InChI is InChI=1S/C9H10FN5O/c1-6-14-8(15-16-6)2-3-11-9-12-4-7(10)5-13-9/h4-5H,2-3H2,1H3,(H,11,12,13). The van der Waals surface area contributed by atoms with Crippen molar-refractivity contribution in [3.05, 3.63) is 29.9 Å². The highest BCUT2D eigenvalue weighted by Crippen LogP contribution is 1.99. The smallest absolute Gasteiger partial charge is 0.223 e. The van der Waals surface area contributed by atoms with Gasteiger partial charge >= 0.3 is 0 Å². The average Bonchev–Trinajstić information content (AvgIpc) is 2.67. The van der Waals surface area contributed by atoms with Crippen molar-refractivity contribution in [3.8, 4) is 0 Å². The van der Waals surface area contributed by atoms with Crippen LogP contribution in [-0.4, -0.2) is 26.7 Å². The van der Waals surface area contributed by atoms with Crippen LogP contribution >= 0.6 is 0 Å². The zero-order valence-corrected chi connectivity index (χ0v) is 8.64. The summed E-state index contributed by atoms with van der Waals surface area (Å²) in [5.41, 5.74) is 0. The number of nitrogens with zero attached hydrogens (tertiary/aromatic N) is 4. The van der Waals surface area contributed by atoms with Crippen LogP contribution in [0.1, 0.15) is 11.7 Å². The Hall–Kier alpha value is -2.05. The summed E-state index contributed by atoms with van der Waals surface area (Å²) >= 11 is 0. The largest absolute Gasteiger partial charge is 0.354 e. The summed E-state index contributed by atoms with van der Waals surface area (Å²) in [6.07, 6.45) is 2.81. The zero-order valence-electron chi connectivity index (χ0n) is 8.64. The Labute approximate surface area is 90.9 Å². The van der Waals surface area contributed by atoms with E-state index in [0.29, 0.717) is 30.6 Å². The molecule has 2 aromatic heterocycles. The van der Waals surface area contributed by atoms with Crippen LogP contribution in [0.4, 0.5) is 10.3 Å². The molecule has 0 atom stereocenters. The first-order chi connectivity index (χ1) is 7.74. The van der Waals surface area contributed by atoms with Crippen LogP contribution in [0.15, 0.2) is 16.9 Å². The van der Waals surface area contributed by atoms with Crippen molar-refractivity contribution in [2.45, 2.75) is 13.3 Å². The minimum Gasteiger partial charge on any atom is -0.354 e. The molecule has 2 heterocycles. The molecular weight excluding hydrogens is 213 g/mol. The Morgan fingerprint density at radius 2 is 2.12 bits per heavy atom. The number of aromatic nitrogens is 4. The summed E-state index contributed by atoms with van der Waals surface area (Å²) in [7, 11) is 0. The van der Waals surface area contributed by atoms with E-state index < -0.39 is 5.82 Å². The summed E-state index contributed by atoms with van der Waals surface area (Å²) in [4.78, 5) is 11.5. The predicted molar refractivity (Wildman–Crippen MR) is 53.2 cm³/mol. The monoisotopic (exact) mass is 223 g/mol. The maximum atomic E-state index is 12.5. The van der Waals surface area contributed by atoms with Gasteiger partial charge in [-0.1, -0.05) is 5.16 Å². The van der Waals surface area contributed by atoms with Gasteiger partial charge in [-0.2, -0.15) is 4.98 Å². The lowest BCUT2D eigenvalue weighted by Crippen LogP contribution is -2.08. The van der Waals surface area contributed by atoms with Crippen molar-refractivity contribution in [2.24, 2.45) is 0 Å². The molecule has 2 aromatic rings. The lowest BCUT2D eigenvalue weighted by molar-refractivity contribution is 0.387. The predicted octanol–water partition coefficient (Wildman–Crippen LogP) is 0.962. The van der Waals surface area contributed by atoms with Crippen molar-refractivity contribution in [1.82, 2.24) is 20.1 Å². The zero-order chi connectivity index (χ0) is 11.4. The normalized spacial score (nSPS) is 10.4. The number of rotatable bonds is 4. The van der Waals surface area contributed by atoms with Gasteiger partial charge in [-0.3, -0.25) is 0 Å². The molecular formula is C9H10FN5O. The number of hydrogen-bond donors (Lipinski definition) is 1. The van der Waals surface area contributed by atoms with Gasteiger partial charge in [0.2, 0.25) is 11.8 Å². The molecule has 0 unspecified atom stereocenters. The quantitative estimate of drug-likeness (QED) is 0.831. The van der Waals surface area contributed by atoms with Crippen molar-refractivity contribution in [1.29, 1.82) is 0 Å². The second kappa shape index (κ2) is 4.65. The molecule has 0 aromatic carbocycles. The van der Waals surface area contributed by atoms with Crippen LogP contribution in [0.25, 0.3) is 0 Å². The minimum absolute atomic E-state index is 0.376. The van der Waals surface area contributed by atoms with Crippen LogP contribution in [0.3, 0.4) is 0 Å². The number of anilines is 1. The van der Waals surface area contributed by atoms with E-state index in [1.54, 1.807) is 6.92 Å². The molecule has 0 radical (unpaired) electrons. The molecule has 0 aliphatic rings. The molecule has 6 nitrogen and oxygen atoms in total. The molecule has 16 heavy (non-hydrogen) atoms. The highest BCUT2D eigenvalue weighted by molar-refractivity contribution is 5.22. The fourth-order valence-electron chi connectivity index (χ4n) is 1.13. The number of nitrogens with one attached hydrogen (secondary N) is 1. The summed E-state index contributed by atoms with van der Waals surface area (Å²) in [6.45, 7) is 2.29. The molecule has 0 saturated heterocycles. The van der Waals surface area contributed by atoms with Crippen molar-refractivity contribution >= 4 is 5.95 Å². The number of hydrogen-bond acceptors (Lipinski definition) is 6. The Kier molecular flexibility index (Phi) is 3.04. The van der Waals surface area contributed by atoms with Gasteiger partial charge in [0.05, 0.1) is 12.4 Å². The molecule has 7 heteroatoms. The SMILES string of the molecule is Cc1nc(CCNc2ncc(F)cn2)no1. The Bertz CT molecular complexity index is 455. The molecule has 84 valence electrons. The average molecular weight is 223 g/mol. The fourth-order valence-corrected chi connectivity index (χ4v) is 1.13. The Balaban J connectivity index is 1.82. The van der Waals surface area contributed by atoms with E-state index in [-0.39, 0.29) is 0 Å². The van der Waals surface area contributed by atoms with Crippen LogP contribution in [0.2, 0.25) is 0 Å². The lowest BCUT2D eigenvalue weighted by Gasteiger charge is -2.01. The van der Waals surface area contributed by atoms with Crippen LogP contribution in [0.5, 0.6) is 0 Å². The second-order valence-corrected chi connectivity index (χ2v) is 3.13. The van der Waals surface area contributed by atoms with E-state index in [0.717, 1.165) is 12.4 Å². The first kappa shape index (κ1) is 10.5. The molecule has 0 aliphatic heterocycles. The summed E-state index contributed by atoms with van der Waals surface area (Å²) in [6, 6.07) is 0. The molecule has 0 fully saturated rings. The van der Waals surface area contributed by atoms with Crippen LogP contribution < -0.4 is 5.32 Å². The van der Waals surface area contributed by atoms with Gasteiger partial charge in [-0.15, -0.1) is 0 Å². The van der Waals surface area contributed by atoms with E-state index in [1.807, 2.05) is 0 Å². The van der Waals surface area contributed by atoms with Gasteiger partial charge < -0.3 is 9.84 Å². The highest BCUT2D eigenvalue weighted by atomic mass is 19.1. The third-order valence-corrected chi connectivity index (χ3v) is 1.82. The van der Waals surface area contributed by atoms with Crippen LogP contribution in [0, 0.1) is 12.7 Å². The van der Waals surface area contributed by atoms with E-state index >= 15 is 0 Å². The first-order valence-corrected chi connectivity index (χ1v) is 4.74. The van der Waals surface area contributed by atoms with E-state index in [4.69, 9.17) is 4.52 Å². The first-order valence-electron chi connectivity index (χ1n) is 4.74. The maximum absolute atomic E-state index is 12.5. The summed E-state index contributed by atoms with van der Waals surface area (Å²) in [5.74, 6) is 1.07. The van der Waals surface area contributed by atoms with Crippen LogP contribution in [-0.2, 0) is 6.42 Å². The molecule has 0 saturated carbocycles. The minimum atomic E-state index is -0.459. The number of aryl methyl sites for hydroxylation is 1. The number of halogens is 1. The molecule has 2 rings (SSSR count). The molecule has 0 spiro atoms. The Morgan fingerprint density at radius 3 is 2.75 bits per heavy atom. The van der Waals surface area contributed by atoms with Gasteiger partial charge in [-0.25, -0.2) is 14.4 Å². The third-order valence-electron chi connectivity index (χ3n) is 1.82. The van der Waals surface area contributed by atoms with Gasteiger partial charge in [-0.05, 0) is 0 Å². The van der Waals surface area contributed by atoms with Gasteiger partial charge in [0, 0.05) is 19.9 Å². The Morgan fingerprint density at radius 1 is 1.38 bits per heavy atom.